The molecule has 0 bridgehead atoms. The van der Waals surface area contributed by atoms with E-state index >= 15 is 0 Å². The summed E-state index contributed by atoms with van der Waals surface area (Å²) in [4.78, 5) is 50.7. The quantitative estimate of drug-likeness (QED) is 0.461. The first-order chi connectivity index (χ1) is 13.0. The fraction of sp³-hybridized carbons (Fsp3) is 0.526. The van der Waals surface area contributed by atoms with E-state index in [1.807, 2.05) is 0 Å². The number of benzene rings is 1. The van der Waals surface area contributed by atoms with Crippen LogP contribution < -0.4 is 0 Å². The molecule has 0 spiro atoms. The lowest BCUT2D eigenvalue weighted by Gasteiger charge is -2.41. The Labute approximate surface area is 156 Å². The number of nitro benzene ring substituents is 1. The van der Waals surface area contributed by atoms with E-state index in [2.05, 4.69) is 0 Å². The summed E-state index contributed by atoms with van der Waals surface area (Å²) in [5.41, 5.74) is -0.139. The van der Waals surface area contributed by atoms with Gasteiger partial charge in [-0.3, -0.25) is 29.4 Å². The van der Waals surface area contributed by atoms with Crippen molar-refractivity contribution in [2.24, 2.45) is 11.8 Å². The van der Waals surface area contributed by atoms with Gasteiger partial charge in [0.15, 0.2) is 0 Å². The van der Waals surface area contributed by atoms with Crippen molar-refractivity contribution in [2.45, 2.75) is 32.1 Å². The van der Waals surface area contributed by atoms with E-state index in [0.717, 1.165) is 23.8 Å². The van der Waals surface area contributed by atoms with Gasteiger partial charge in [0.1, 0.15) is 6.54 Å². The first-order valence-corrected chi connectivity index (χ1v) is 9.38. The minimum atomic E-state index is -0.639. The zero-order valence-electron chi connectivity index (χ0n) is 14.9. The minimum absolute atomic E-state index is 0.00649. The molecule has 2 aliphatic heterocycles. The largest absolute Gasteiger partial charge is 0.341 e. The normalized spacial score (nSPS) is 24.6. The number of carbonyl (C=O) groups is 3. The molecule has 142 valence electrons. The first-order valence-electron chi connectivity index (χ1n) is 9.38. The SMILES string of the molecule is O=C(CN1C(=O)c2ccc([N+](=O)[O-])cc2C1=O)N1CC[C@@H]2CCCC[C@@H]2C1. The van der Waals surface area contributed by atoms with Crippen LogP contribution in [0.1, 0.15) is 52.8 Å². The van der Waals surface area contributed by atoms with Crippen LogP contribution >= 0.6 is 0 Å². The second-order valence-electron chi connectivity index (χ2n) is 7.62. The zero-order chi connectivity index (χ0) is 19.1. The van der Waals surface area contributed by atoms with Gasteiger partial charge in [0, 0.05) is 25.2 Å². The summed E-state index contributed by atoms with van der Waals surface area (Å²) in [6, 6.07) is 3.59. The lowest BCUT2D eigenvalue weighted by Crippen LogP contribution is -2.49. The summed E-state index contributed by atoms with van der Waals surface area (Å²) >= 11 is 0. The first kappa shape index (κ1) is 17.6. The van der Waals surface area contributed by atoms with Crippen LogP contribution in [0.2, 0.25) is 0 Å². The summed E-state index contributed by atoms with van der Waals surface area (Å²) in [6.07, 6.45) is 5.79. The summed E-state index contributed by atoms with van der Waals surface area (Å²) in [5, 5.41) is 10.9. The minimum Gasteiger partial charge on any atom is -0.341 e. The molecule has 27 heavy (non-hydrogen) atoms. The van der Waals surface area contributed by atoms with Crippen molar-refractivity contribution in [3.63, 3.8) is 0 Å². The Morgan fingerprint density at radius 3 is 2.52 bits per heavy atom. The number of non-ortho nitro benzene ring substituents is 1. The van der Waals surface area contributed by atoms with Crippen LogP contribution in [0, 0.1) is 22.0 Å². The van der Waals surface area contributed by atoms with Gasteiger partial charge in [-0.15, -0.1) is 0 Å². The van der Waals surface area contributed by atoms with Crippen molar-refractivity contribution in [2.75, 3.05) is 19.6 Å². The van der Waals surface area contributed by atoms with Crippen molar-refractivity contribution < 1.29 is 19.3 Å². The molecule has 4 rings (SSSR count). The van der Waals surface area contributed by atoms with Crippen LogP contribution in [0.4, 0.5) is 5.69 Å². The Bertz CT molecular complexity index is 837. The number of nitrogens with zero attached hydrogens (tertiary/aromatic N) is 3. The lowest BCUT2D eigenvalue weighted by atomic mass is 9.75. The second-order valence-corrected chi connectivity index (χ2v) is 7.62. The second kappa shape index (κ2) is 6.75. The smallest absolute Gasteiger partial charge is 0.270 e. The van der Waals surface area contributed by atoms with Gasteiger partial charge in [0.2, 0.25) is 5.91 Å². The molecule has 2 heterocycles. The van der Waals surface area contributed by atoms with E-state index in [0.29, 0.717) is 24.9 Å². The van der Waals surface area contributed by atoms with Crippen molar-refractivity contribution in [3.05, 3.63) is 39.4 Å². The average Bonchev–Trinajstić information content (AvgIpc) is 2.92. The number of hydrogen-bond acceptors (Lipinski definition) is 5. The highest BCUT2D eigenvalue weighted by Crippen LogP contribution is 2.36. The van der Waals surface area contributed by atoms with E-state index in [4.69, 9.17) is 0 Å². The molecule has 0 N–H and O–H groups in total. The highest BCUT2D eigenvalue weighted by Gasteiger charge is 2.40. The van der Waals surface area contributed by atoms with Gasteiger partial charge in [-0.2, -0.15) is 0 Å². The van der Waals surface area contributed by atoms with Crippen molar-refractivity contribution in [3.8, 4) is 0 Å². The summed E-state index contributed by atoms with van der Waals surface area (Å²) < 4.78 is 0. The molecule has 1 aromatic rings. The molecule has 8 heteroatoms. The predicted molar refractivity (Wildman–Crippen MR) is 95.1 cm³/mol. The third-order valence-electron chi connectivity index (χ3n) is 6.10. The molecular weight excluding hydrogens is 350 g/mol. The Kier molecular flexibility index (Phi) is 4.41. The Morgan fingerprint density at radius 1 is 1.07 bits per heavy atom. The van der Waals surface area contributed by atoms with Gasteiger partial charge in [-0.1, -0.05) is 19.3 Å². The Hall–Kier alpha value is -2.77. The number of nitro groups is 1. The maximum atomic E-state index is 12.7. The number of imide groups is 1. The predicted octanol–water partition coefficient (Wildman–Crippen LogP) is 2.23. The topological polar surface area (TPSA) is 101 Å². The van der Waals surface area contributed by atoms with Gasteiger partial charge in [-0.25, -0.2) is 0 Å². The summed E-state index contributed by atoms with van der Waals surface area (Å²) in [6.45, 7) is 1.05. The molecule has 3 amide bonds. The molecule has 8 nitrogen and oxygen atoms in total. The fourth-order valence-electron chi connectivity index (χ4n) is 4.60. The van der Waals surface area contributed by atoms with Crippen molar-refractivity contribution in [1.82, 2.24) is 9.80 Å². The van der Waals surface area contributed by atoms with Crippen LogP contribution in [0.5, 0.6) is 0 Å². The van der Waals surface area contributed by atoms with Gasteiger partial charge in [-0.05, 0) is 30.7 Å². The van der Waals surface area contributed by atoms with Crippen LogP contribution in [0.25, 0.3) is 0 Å². The molecular formula is C19H21N3O5. The number of fused-ring (bicyclic) bond motifs is 2. The van der Waals surface area contributed by atoms with E-state index in [1.54, 1.807) is 4.90 Å². The zero-order valence-corrected chi connectivity index (χ0v) is 14.9. The number of hydrogen-bond donors (Lipinski definition) is 0. The molecule has 1 saturated heterocycles. The van der Waals surface area contributed by atoms with E-state index < -0.39 is 16.7 Å². The monoisotopic (exact) mass is 371 g/mol. The fourth-order valence-corrected chi connectivity index (χ4v) is 4.60. The highest BCUT2D eigenvalue weighted by molar-refractivity contribution is 6.22. The van der Waals surface area contributed by atoms with E-state index in [-0.39, 0.29) is 29.3 Å². The molecule has 1 aliphatic carbocycles. The van der Waals surface area contributed by atoms with Crippen molar-refractivity contribution >= 4 is 23.4 Å². The molecule has 3 aliphatic rings. The van der Waals surface area contributed by atoms with Crippen LogP contribution in [0.3, 0.4) is 0 Å². The molecule has 0 aromatic heterocycles. The lowest BCUT2D eigenvalue weighted by molar-refractivity contribution is -0.384. The highest BCUT2D eigenvalue weighted by atomic mass is 16.6. The third kappa shape index (κ3) is 3.09. The molecule has 1 saturated carbocycles. The molecule has 1 aromatic carbocycles. The average molecular weight is 371 g/mol. The van der Waals surface area contributed by atoms with Gasteiger partial charge in [0.05, 0.1) is 16.1 Å². The molecule has 2 atom stereocenters. The number of likely N-dealkylation sites (tertiary alicyclic amines) is 1. The number of carbonyl (C=O) groups excluding carboxylic acids is 3. The summed E-state index contributed by atoms with van der Waals surface area (Å²) in [7, 11) is 0. The number of rotatable bonds is 3. The molecule has 2 fully saturated rings. The van der Waals surface area contributed by atoms with Crippen LogP contribution in [-0.2, 0) is 4.79 Å². The Morgan fingerprint density at radius 2 is 1.78 bits per heavy atom. The van der Waals surface area contributed by atoms with Crippen LogP contribution in [0.15, 0.2) is 18.2 Å². The van der Waals surface area contributed by atoms with Gasteiger partial charge in [0.25, 0.3) is 17.5 Å². The Balaban J connectivity index is 1.46. The van der Waals surface area contributed by atoms with E-state index in [1.165, 1.54) is 31.4 Å². The van der Waals surface area contributed by atoms with Gasteiger partial charge >= 0.3 is 0 Å². The third-order valence-corrected chi connectivity index (χ3v) is 6.10. The maximum absolute atomic E-state index is 12.7. The number of piperidine rings is 1. The standard InChI is InChI=1S/C19H21N3O5/c23-17(20-8-7-12-3-1-2-4-13(12)10-20)11-21-18(24)15-6-5-14(22(26)27)9-16(15)19(21)25/h5-6,9,12-13H,1-4,7-8,10-11H2/t12-,13+/m0/s1. The van der Waals surface area contributed by atoms with Gasteiger partial charge < -0.3 is 4.90 Å². The number of amides is 3. The summed E-state index contributed by atoms with van der Waals surface area (Å²) in [5.74, 6) is -0.239. The molecule has 0 unspecified atom stereocenters. The van der Waals surface area contributed by atoms with Crippen LogP contribution in [-0.4, -0.2) is 52.1 Å². The van der Waals surface area contributed by atoms with E-state index in [9.17, 15) is 24.5 Å². The van der Waals surface area contributed by atoms with Crippen molar-refractivity contribution in [1.29, 1.82) is 0 Å². The maximum Gasteiger partial charge on any atom is 0.270 e. The molecule has 0 radical (unpaired) electrons.